The minimum Gasteiger partial charge on any atom is -0.441 e. The summed E-state index contributed by atoms with van der Waals surface area (Å²) in [4.78, 5) is 40.7. The van der Waals surface area contributed by atoms with Gasteiger partial charge >= 0.3 is 6.09 Å². The number of pyridine rings is 1. The van der Waals surface area contributed by atoms with Gasteiger partial charge in [-0.2, -0.15) is 9.49 Å². The third kappa shape index (κ3) is 5.13. The SMILES string of the molecule is CN=CC1(C(=O)Nc2cnc(-c3cnn(C)c3NC(=O)O[C@H](C)c3cc(F)cnc3F)nc2)CC1. The summed E-state index contributed by atoms with van der Waals surface area (Å²) in [6.45, 7) is 1.39. The fraction of sp³-hybridized carbons (Fsp3) is 0.318. The van der Waals surface area contributed by atoms with Gasteiger partial charge < -0.3 is 10.1 Å². The molecule has 3 aromatic rings. The van der Waals surface area contributed by atoms with Gasteiger partial charge in [0.25, 0.3) is 0 Å². The van der Waals surface area contributed by atoms with Crippen LogP contribution in [0.15, 0.2) is 35.8 Å². The van der Waals surface area contributed by atoms with Gasteiger partial charge in [-0.25, -0.2) is 24.1 Å². The maximum Gasteiger partial charge on any atom is 0.413 e. The largest absolute Gasteiger partial charge is 0.441 e. The summed E-state index contributed by atoms with van der Waals surface area (Å²) >= 11 is 0. The van der Waals surface area contributed by atoms with E-state index in [1.807, 2.05) is 0 Å². The Hall–Kier alpha value is -4.29. The highest BCUT2D eigenvalue weighted by Gasteiger charge is 2.48. The Bertz CT molecular complexity index is 1290. The number of aromatic nitrogens is 5. The van der Waals surface area contributed by atoms with Crippen LogP contribution in [0.3, 0.4) is 0 Å². The predicted octanol–water partition coefficient (Wildman–Crippen LogP) is 3.28. The van der Waals surface area contributed by atoms with Crippen molar-refractivity contribution >= 4 is 29.7 Å². The van der Waals surface area contributed by atoms with Crippen LogP contribution in [0.2, 0.25) is 0 Å². The molecule has 13 heteroatoms. The van der Waals surface area contributed by atoms with Gasteiger partial charge in [-0.3, -0.25) is 19.8 Å². The zero-order valence-electron chi connectivity index (χ0n) is 19.1. The van der Waals surface area contributed by atoms with Crippen LogP contribution in [-0.4, -0.2) is 50.0 Å². The van der Waals surface area contributed by atoms with Gasteiger partial charge in [-0.15, -0.1) is 0 Å². The van der Waals surface area contributed by atoms with Gasteiger partial charge in [0.1, 0.15) is 17.7 Å². The topological polar surface area (TPSA) is 136 Å². The third-order valence-corrected chi connectivity index (χ3v) is 5.48. The molecule has 182 valence electrons. The van der Waals surface area contributed by atoms with Crippen molar-refractivity contribution in [2.45, 2.75) is 25.9 Å². The second-order valence-electron chi connectivity index (χ2n) is 8.03. The number of hydrogen-bond acceptors (Lipinski definition) is 8. The number of anilines is 2. The summed E-state index contributed by atoms with van der Waals surface area (Å²) in [7, 11) is 3.20. The van der Waals surface area contributed by atoms with E-state index >= 15 is 0 Å². The average Bonchev–Trinajstić information content (AvgIpc) is 3.53. The second kappa shape index (κ2) is 9.52. The molecule has 1 fully saturated rings. The van der Waals surface area contributed by atoms with Crippen LogP contribution in [-0.2, 0) is 16.6 Å². The Kier molecular flexibility index (Phi) is 6.49. The van der Waals surface area contributed by atoms with E-state index in [0.29, 0.717) is 11.3 Å². The normalized spacial score (nSPS) is 15.0. The van der Waals surface area contributed by atoms with E-state index in [2.05, 4.69) is 35.7 Å². The monoisotopic (exact) mass is 484 g/mol. The van der Waals surface area contributed by atoms with Crippen LogP contribution in [0.5, 0.6) is 0 Å². The van der Waals surface area contributed by atoms with E-state index in [-0.39, 0.29) is 23.1 Å². The molecule has 1 atom stereocenters. The van der Waals surface area contributed by atoms with E-state index in [1.165, 1.54) is 30.2 Å². The minimum atomic E-state index is -1.11. The number of nitrogens with zero attached hydrogens (tertiary/aromatic N) is 6. The van der Waals surface area contributed by atoms with Gasteiger partial charge in [0.15, 0.2) is 5.82 Å². The summed E-state index contributed by atoms with van der Waals surface area (Å²) in [5.41, 5.74) is 0.0114. The van der Waals surface area contributed by atoms with Gasteiger partial charge in [0.2, 0.25) is 11.9 Å². The van der Waals surface area contributed by atoms with Gasteiger partial charge in [-0.1, -0.05) is 0 Å². The Morgan fingerprint density at radius 2 is 1.89 bits per heavy atom. The molecule has 2 amide bonds. The number of halogens is 2. The van der Waals surface area contributed by atoms with Gasteiger partial charge in [0, 0.05) is 20.3 Å². The number of aliphatic imine (C=N–C) groups is 1. The molecule has 3 heterocycles. The first-order chi connectivity index (χ1) is 16.7. The number of carbonyl (C=O) groups excluding carboxylic acids is 2. The van der Waals surface area contributed by atoms with E-state index in [4.69, 9.17) is 4.74 Å². The summed E-state index contributed by atoms with van der Waals surface area (Å²) < 4.78 is 33.8. The molecular weight excluding hydrogens is 462 g/mol. The van der Waals surface area contributed by atoms with Crippen molar-refractivity contribution in [3.63, 3.8) is 0 Å². The lowest BCUT2D eigenvalue weighted by molar-refractivity contribution is -0.118. The van der Waals surface area contributed by atoms with E-state index in [9.17, 15) is 18.4 Å². The zero-order chi connectivity index (χ0) is 25.2. The summed E-state index contributed by atoms with van der Waals surface area (Å²) in [6.07, 6.45) is 6.13. The molecule has 2 N–H and O–H groups in total. The Balaban J connectivity index is 1.45. The smallest absolute Gasteiger partial charge is 0.413 e. The molecule has 1 aliphatic rings. The average molecular weight is 484 g/mol. The first-order valence-electron chi connectivity index (χ1n) is 10.6. The summed E-state index contributed by atoms with van der Waals surface area (Å²) in [5.74, 6) is -1.43. The molecule has 0 spiro atoms. The number of carbonyl (C=O) groups is 2. The lowest BCUT2D eigenvalue weighted by Gasteiger charge is -2.15. The highest BCUT2D eigenvalue weighted by molar-refractivity contribution is 6.08. The van der Waals surface area contributed by atoms with Crippen LogP contribution in [0, 0.1) is 17.2 Å². The van der Waals surface area contributed by atoms with Crippen molar-refractivity contribution < 1.29 is 23.1 Å². The molecule has 0 bridgehead atoms. The Morgan fingerprint density at radius 1 is 1.17 bits per heavy atom. The van der Waals surface area contributed by atoms with Crippen molar-refractivity contribution in [2.24, 2.45) is 17.5 Å². The fourth-order valence-electron chi connectivity index (χ4n) is 3.41. The van der Waals surface area contributed by atoms with Crippen molar-refractivity contribution in [1.82, 2.24) is 24.7 Å². The van der Waals surface area contributed by atoms with Crippen LogP contribution >= 0.6 is 0 Å². The summed E-state index contributed by atoms with van der Waals surface area (Å²) in [6, 6.07) is 0.907. The first kappa shape index (κ1) is 23.9. The van der Waals surface area contributed by atoms with E-state index in [0.717, 1.165) is 25.1 Å². The number of aryl methyl sites for hydroxylation is 1. The molecule has 0 saturated heterocycles. The maximum absolute atomic E-state index is 13.9. The van der Waals surface area contributed by atoms with Gasteiger partial charge in [0.05, 0.1) is 47.0 Å². The zero-order valence-corrected chi connectivity index (χ0v) is 19.1. The molecular formula is C22H22F2N8O3. The number of amides is 2. The van der Waals surface area contributed by atoms with E-state index < -0.39 is 29.4 Å². The lowest BCUT2D eigenvalue weighted by Crippen LogP contribution is -2.25. The lowest BCUT2D eigenvalue weighted by atomic mass is 10.1. The summed E-state index contributed by atoms with van der Waals surface area (Å²) in [5, 5.41) is 9.40. The maximum atomic E-state index is 13.9. The molecule has 1 aliphatic carbocycles. The number of ether oxygens (including phenoxy) is 1. The first-order valence-corrected chi connectivity index (χ1v) is 10.6. The molecule has 0 radical (unpaired) electrons. The van der Waals surface area contributed by atoms with Crippen LogP contribution < -0.4 is 10.6 Å². The van der Waals surface area contributed by atoms with Crippen molar-refractivity contribution in [1.29, 1.82) is 0 Å². The van der Waals surface area contributed by atoms with Crippen molar-refractivity contribution in [2.75, 3.05) is 17.7 Å². The number of rotatable bonds is 7. The molecule has 4 rings (SSSR count). The number of hydrogen-bond donors (Lipinski definition) is 2. The number of nitrogens with one attached hydrogen (secondary N) is 2. The Labute approximate surface area is 198 Å². The molecule has 0 aliphatic heterocycles. The van der Waals surface area contributed by atoms with Crippen LogP contribution in [0.25, 0.3) is 11.4 Å². The van der Waals surface area contributed by atoms with E-state index in [1.54, 1.807) is 20.3 Å². The van der Waals surface area contributed by atoms with Crippen molar-refractivity contribution in [3.8, 4) is 11.4 Å². The third-order valence-electron chi connectivity index (χ3n) is 5.48. The molecule has 11 nitrogen and oxygen atoms in total. The quantitative estimate of drug-likeness (QED) is 0.388. The van der Waals surface area contributed by atoms with Gasteiger partial charge in [-0.05, 0) is 25.8 Å². The Morgan fingerprint density at radius 3 is 2.54 bits per heavy atom. The molecule has 0 unspecified atom stereocenters. The second-order valence-corrected chi connectivity index (χ2v) is 8.03. The highest BCUT2D eigenvalue weighted by Crippen LogP contribution is 2.44. The molecule has 35 heavy (non-hydrogen) atoms. The minimum absolute atomic E-state index is 0.176. The molecule has 0 aromatic carbocycles. The van der Waals surface area contributed by atoms with Crippen LogP contribution in [0.1, 0.15) is 31.4 Å². The van der Waals surface area contributed by atoms with Crippen LogP contribution in [0.4, 0.5) is 25.1 Å². The fourth-order valence-corrected chi connectivity index (χ4v) is 3.41. The predicted molar refractivity (Wildman–Crippen MR) is 122 cm³/mol. The molecule has 1 saturated carbocycles. The standard InChI is InChI=1S/C22H22F2N8O3/c1-12(15-6-13(23)7-26-17(15)24)35-21(34)31-19-16(10-29-32(19)3)18-27-8-14(9-28-18)30-20(33)22(4-5-22)11-25-2/h6-12H,4-5H2,1-3H3,(H,30,33)(H,31,34)/t12-/m1/s1. The van der Waals surface area contributed by atoms with Crippen molar-refractivity contribution in [3.05, 3.63) is 48.2 Å². The highest BCUT2D eigenvalue weighted by atomic mass is 19.1. The molecule has 3 aromatic heterocycles.